The fourth-order valence-electron chi connectivity index (χ4n) is 1.26. The Morgan fingerprint density at radius 2 is 2.33 bits per heavy atom. The maximum absolute atomic E-state index is 13.2. The van der Waals surface area contributed by atoms with Crippen molar-refractivity contribution in [3.8, 4) is 5.75 Å². The average Bonchev–Trinajstić information content (AvgIpc) is 2.25. The van der Waals surface area contributed by atoms with Crippen molar-refractivity contribution in [1.82, 2.24) is 0 Å². The minimum atomic E-state index is -0.341. The minimum absolute atomic E-state index is 0.270. The monoisotopic (exact) mass is 209 g/mol. The van der Waals surface area contributed by atoms with Gasteiger partial charge in [0, 0.05) is 18.3 Å². The third-order valence-corrected chi connectivity index (χ3v) is 2.07. The van der Waals surface area contributed by atoms with Crippen LogP contribution in [0.25, 0.3) is 0 Å². The predicted octanol–water partition coefficient (Wildman–Crippen LogP) is 3.21. The molecule has 82 valence electrons. The number of unbranched alkanes of at least 4 members (excludes halogenated alkanes) is 1. The Kier molecular flexibility index (Phi) is 4.68. The van der Waals surface area contributed by atoms with Gasteiger partial charge in [0.2, 0.25) is 0 Å². The molecule has 0 spiro atoms. The van der Waals surface area contributed by atoms with E-state index in [0.29, 0.717) is 0 Å². The molecule has 1 aromatic carbocycles. The van der Waals surface area contributed by atoms with Crippen LogP contribution >= 0.6 is 0 Å². The first-order valence-corrected chi connectivity index (χ1v) is 4.96. The smallest absolute Gasteiger partial charge is 0.167 e. The van der Waals surface area contributed by atoms with E-state index in [-0.39, 0.29) is 11.6 Å². The topological polar surface area (TPSA) is 21.3 Å². The van der Waals surface area contributed by atoms with Gasteiger partial charge in [-0.2, -0.15) is 0 Å². The van der Waals surface area contributed by atoms with E-state index in [0.717, 1.165) is 25.1 Å². The van der Waals surface area contributed by atoms with Crippen molar-refractivity contribution in [2.45, 2.75) is 12.8 Å². The molecule has 0 bridgehead atoms. The standard InChI is InChI=1S/C12H16FNO/c1-3-4-5-8-14-10-6-7-12(15-2)11(13)9-10/h3,6-7,9,14H,1,4-5,8H2,2H3. The summed E-state index contributed by atoms with van der Waals surface area (Å²) in [5, 5.41) is 3.13. The van der Waals surface area contributed by atoms with Crippen LogP contribution < -0.4 is 10.1 Å². The number of methoxy groups -OCH3 is 1. The Morgan fingerprint density at radius 3 is 2.93 bits per heavy atom. The summed E-state index contributed by atoms with van der Waals surface area (Å²) < 4.78 is 18.1. The minimum Gasteiger partial charge on any atom is -0.494 e. The molecule has 0 fully saturated rings. The molecule has 0 amide bonds. The highest BCUT2D eigenvalue weighted by molar-refractivity contribution is 5.47. The molecule has 0 aliphatic rings. The van der Waals surface area contributed by atoms with Crippen molar-refractivity contribution >= 4 is 5.69 Å². The Balaban J connectivity index is 2.48. The van der Waals surface area contributed by atoms with Gasteiger partial charge in [-0.25, -0.2) is 4.39 Å². The molecule has 0 aliphatic heterocycles. The number of benzene rings is 1. The molecule has 1 N–H and O–H groups in total. The Bertz CT molecular complexity index is 325. The van der Waals surface area contributed by atoms with Crippen LogP contribution in [-0.2, 0) is 0 Å². The first-order valence-electron chi connectivity index (χ1n) is 4.96. The molecule has 0 heterocycles. The van der Waals surface area contributed by atoms with Crippen LogP contribution in [0.15, 0.2) is 30.9 Å². The molecule has 0 aliphatic carbocycles. The van der Waals surface area contributed by atoms with Crippen molar-refractivity contribution in [3.05, 3.63) is 36.7 Å². The van der Waals surface area contributed by atoms with Gasteiger partial charge in [-0.15, -0.1) is 6.58 Å². The Morgan fingerprint density at radius 1 is 1.53 bits per heavy atom. The summed E-state index contributed by atoms with van der Waals surface area (Å²) in [6.45, 7) is 4.45. The zero-order chi connectivity index (χ0) is 11.1. The van der Waals surface area contributed by atoms with Gasteiger partial charge in [0.25, 0.3) is 0 Å². The summed E-state index contributed by atoms with van der Waals surface area (Å²) >= 11 is 0. The molecule has 0 saturated heterocycles. The third-order valence-electron chi connectivity index (χ3n) is 2.07. The number of rotatable bonds is 6. The van der Waals surface area contributed by atoms with Gasteiger partial charge < -0.3 is 10.1 Å². The van der Waals surface area contributed by atoms with E-state index in [1.807, 2.05) is 6.08 Å². The van der Waals surface area contributed by atoms with Crippen LogP contribution in [0.4, 0.5) is 10.1 Å². The highest BCUT2D eigenvalue weighted by Gasteiger charge is 2.02. The number of hydrogen-bond donors (Lipinski definition) is 1. The fourth-order valence-corrected chi connectivity index (χ4v) is 1.26. The van der Waals surface area contributed by atoms with Gasteiger partial charge in [-0.3, -0.25) is 0 Å². The molecule has 0 radical (unpaired) electrons. The van der Waals surface area contributed by atoms with Gasteiger partial charge in [-0.05, 0) is 25.0 Å². The molecular formula is C12H16FNO. The van der Waals surface area contributed by atoms with E-state index in [1.165, 1.54) is 13.2 Å². The first-order chi connectivity index (χ1) is 7.27. The Labute approximate surface area is 89.8 Å². The van der Waals surface area contributed by atoms with E-state index in [2.05, 4.69) is 11.9 Å². The SMILES string of the molecule is C=CCCCNc1ccc(OC)c(F)c1. The molecule has 0 saturated carbocycles. The zero-order valence-corrected chi connectivity index (χ0v) is 8.92. The summed E-state index contributed by atoms with van der Waals surface area (Å²) in [6, 6.07) is 4.85. The summed E-state index contributed by atoms with van der Waals surface area (Å²) in [5.41, 5.74) is 0.775. The lowest BCUT2D eigenvalue weighted by Crippen LogP contribution is -2.01. The van der Waals surface area contributed by atoms with Crippen LogP contribution in [0, 0.1) is 5.82 Å². The van der Waals surface area contributed by atoms with E-state index >= 15 is 0 Å². The average molecular weight is 209 g/mol. The van der Waals surface area contributed by atoms with Crippen LogP contribution in [-0.4, -0.2) is 13.7 Å². The second-order valence-electron chi connectivity index (χ2n) is 3.21. The lowest BCUT2D eigenvalue weighted by Gasteiger charge is -2.07. The summed E-state index contributed by atoms with van der Waals surface area (Å²) in [4.78, 5) is 0. The molecule has 1 rings (SSSR count). The molecule has 0 unspecified atom stereocenters. The quantitative estimate of drug-likeness (QED) is 0.573. The van der Waals surface area contributed by atoms with Gasteiger partial charge in [0.05, 0.1) is 7.11 Å². The second kappa shape index (κ2) is 6.06. The molecule has 0 atom stereocenters. The number of anilines is 1. The highest BCUT2D eigenvalue weighted by atomic mass is 19.1. The fraction of sp³-hybridized carbons (Fsp3) is 0.333. The van der Waals surface area contributed by atoms with Gasteiger partial charge in [0.15, 0.2) is 11.6 Å². The van der Waals surface area contributed by atoms with Gasteiger partial charge in [-0.1, -0.05) is 6.08 Å². The van der Waals surface area contributed by atoms with E-state index in [9.17, 15) is 4.39 Å². The van der Waals surface area contributed by atoms with Crippen LogP contribution in [0.3, 0.4) is 0 Å². The van der Waals surface area contributed by atoms with Crippen molar-refractivity contribution in [1.29, 1.82) is 0 Å². The summed E-state index contributed by atoms with van der Waals surface area (Å²) in [5.74, 6) is -0.0714. The van der Waals surface area contributed by atoms with Crippen molar-refractivity contribution < 1.29 is 9.13 Å². The molecule has 3 heteroatoms. The maximum atomic E-state index is 13.2. The van der Waals surface area contributed by atoms with Gasteiger partial charge >= 0.3 is 0 Å². The van der Waals surface area contributed by atoms with Crippen molar-refractivity contribution in [2.75, 3.05) is 19.0 Å². The lowest BCUT2D eigenvalue weighted by molar-refractivity contribution is 0.386. The maximum Gasteiger partial charge on any atom is 0.167 e. The first kappa shape index (κ1) is 11.6. The number of hydrogen-bond acceptors (Lipinski definition) is 2. The zero-order valence-electron chi connectivity index (χ0n) is 8.92. The lowest BCUT2D eigenvalue weighted by atomic mass is 10.2. The van der Waals surface area contributed by atoms with Gasteiger partial charge in [0.1, 0.15) is 0 Å². The molecule has 2 nitrogen and oxygen atoms in total. The summed E-state index contributed by atoms with van der Waals surface area (Å²) in [7, 11) is 1.45. The number of allylic oxidation sites excluding steroid dienone is 1. The molecular weight excluding hydrogens is 193 g/mol. The number of ether oxygens (including phenoxy) is 1. The number of halogens is 1. The van der Waals surface area contributed by atoms with Crippen LogP contribution in [0.1, 0.15) is 12.8 Å². The van der Waals surface area contributed by atoms with E-state index in [1.54, 1.807) is 12.1 Å². The predicted molar refractivity (Wildman–Crippen MR) is 60.9 cm³/mol. The van der Waals surface area contributed by atoms with E-state index in [4.69, 9.17) is 4.74 Å². The van der Waals surface area contributed by atoms with E-state index < -0.39 is 0 Å². The normalized spacial score (nSPS) is 9.73. The summed E-state index contributed by atoms with van der Waals surface area (Å²) in [6.07, 6.45) is 3.83. The van der Waals surface area contributed by atoms with Crippen LogP contribution in [0.5, 0.6) is 5.75 Å². The van der Waals surface area contributed by atoms with Crippen molar-refractivity contribution in [2.24, 2.45) is 0 Å². The van der Waals surface area contributed by atoms with Crippen LogP contribution in [0.2, 0.25) is 0 Å². The molecule has 15 heavy (non-hydrogen) atoms. The third kappa shape index (κ3) is 3.62. The molecule has 1 aromatic rings. The number of nitrogens with one attached hydrogen (secondary N) is 1. The van der Waals surface area contributed by atoms with Crippen molar-refractivity contribution in [3.63, 3.8) is 0 Å². The highest BCUT2D eigenvalue weighted by Crippen LogP contribution is 2.20. The Hall–Kier alpha value is -1.51. The molecule has 0 aromatic heterocycles. The second-order valence-corrected chi connectivity index (χ2v) is 3.21. The largest absolute Gasteiger partial charge is 0.494 e.